The molecule has 2 rings (SSSR count). The fourth-order valence-electron chi connectivity index (χ4n) is 2.21. The molecule has 0 aliphatic carbocycles. The maximum atomic E-state index is 12.2. The molecule has 0 aliphatic heterocycles. The van der Waals surface area contributed by atoms with Gasteiger partial charge >= 0.3 is 0 Å². The highest BCUT2D eigenvalue weighted by Crippen LogP contribution is 2.20. The number of pyridine rings is 1. The minimum Gasteiger partial charge on any atom is -0.404 e. The Kier molecular flexibility index (Phi) is 5.78. The normalized spacial score (nSPS) is 11.3. The highest BCUT2D eigenvalue weighted by atomic mass is 16.1. The summed E-state index contributed by atoms with van der Waals surface area (Å²) in [6.45, 7) is 0. The van der Waals surface area contributed by atoms with Crippen LogP contribution in [-0.4, -0.2) is 23.3 Å². The van der Waals surface area contributed by atoms with Gasteiger partial charge in [-0.2, -0.15) is 0 Å². The highest BCUT2D eigenvalue weighted by molar-refractivity contribution is 6.10. The molecule has 0 radical (unpaired) electrons. The van der Waals surface area contributed by atoms with Gasteiger partial charge in [-0.3, -0.25) is 9.78 Å². The van der Waals surface area contributed by atoms with E-state index in [0.717, 1.165) is 12.4 Å². The van der Waals surface area contributed by atoms with Crippen LogP contribution in [0.5, 0.6) is 0 Å². The summed E-state index contributed by atoms with van der Waals surface area (Å²) in [5.74, 6) is -0.378. The van der Waals surface area contributed by atoms with E-state index in [4.69, 9.17) is 22.3 Å². The van der Waals surface area contributed by atoms with Gasteiger partial charge in [0.2, 0.25) is 5.91 Å². The first-order chi connectivity index (χ1) is 12.1. The second-order valence-electron chi connectivity index (χ2n) is 5.00. The fourth-order valence-corrected chi connectivity index (χ4v) is 2.21. The molecule has 1 aromatic heterocycles. The zero-order valence-corrected chi connectivity index (χ0v) is 13.4. The molecular formula is C18H18N6O. The summed E-state index contributed by atoms with van der Waals surface area (Å²) in [6, 6.07) is 6.74. The summed E-state index contributed by atoms with van der Waals surface area (Å²) >= 11 is 0. The number of carbonyl (C=O) groups excluding carboxylic acids is 1. The van der Waals surface area contributed by atoms with Crippen LogP contribution in [0.4, 0.5) is 11.4 Å². The van der Waals surface area contributed by atoms with Crippen LogP contribution < -0.4 is 16.8 Å². The Morgan fingerprint density at radius 2 is 2.04 bits per heavy atom. The van der Waals surface area contributed by atoms with Crippen molar-refractivity contribution in [2.75, 3.05) is 11.1 Å². The van der Waals surface area contributed by atoms with Gasteiger partial charge in [-0.15, -0.1) is 0 Å². The van der Waals surface area contributed by atoms with Crippen LogP contribution in [0.25, 0.3) is 11.6 Å². The molecule has 1 amide bonds. The summed E-state index contributed by atoms with van der Waals surface area (Å²) in [4.78, 5) is 16.2. The van der Waals surface area contributed by atoms with Gasteiger partial charge in [0, 0.05) is 59.5 Å². The van der Waals surface area contributed by atoms with Crippen molar-refractivity contribution >= 4 is 41.4 Å². The topological polar surface area (TPSA) is 142 Å². The van der Waals surface area contributed by atoms with Gasteiger partial charge in [-0.05, 0) is 29.8 Å². The average molecular weight is 334 g/mol. The van der Waals surface area contributed by atoms with E-state index >= 15 is 0 Å². The van der Waals surface area contributed by atoms with Crippen LogP contribution in [0.15, 0.2) is 48.9 Å². The molecule has 0 saturated heterocycles. The number of rotatable bonds is 6. The van der Waals surface area contributed by atoms with Gasteiger partial charge in [0.25, 0.3) is 0 Å². The second-order valence-corrected chi connectivity index (χ2v) is 5.00. The Labute approximate surface area is 145 Å². The molecule has 1 heterocycles. The maximum absolute atomic E-state index is 12.2. The molecule has 2 aromatic rings. The van der Waals surface area contributed by atoms with Crippen molar-refractivity contribution in [3.05, 3.63) is 65.6 Å². The van der Waals surface area contributed by atoms with E-state index < -0.39 is 0 Å². The summed E-state index contributed by atoms with van der Waals surface area (Å²) in [5, 5.41) is 17.5. The third-order valence-corrected chi connectivity index (χ3v) is 3.45. The van der Waals surface area contributed by atoms with Crippen molar-refractivity contribution in [2.24, 2.45) is 5.73 Å². The lowest BCUT2D eigenvalue weighted by Gasteiger charge is -2.08. The van der Waals surface area contributed by atoms with Gasteiger partial charge in [-0.1, -0.05) is 6.07 Å². The van der Waals surface area contributed by atoms with Gasteiger partial charge < -0.3 is 27.6 Å². The summed E-state index contributed by atoms with van der Waals surface area (Å²) in [6.07, 6.45) is 9.64. The zero-order valence-electron chi connectivity index (χ0n) is 13.4. The number of aromatic nitrogens is 1. The molecule has 7 N–H and O–H groups in total. The van der Waals surface area contributed by atoms with Gasteiger partial charge in [-0.25, -0.2) is 0 Å². The molecule has 7 nitrogen and oxygen atoms in total. The van der Waals surface area contributed by atoms with Crippen molar-refractivity contribution in [1.29, 1.82) is 10.8 Å². The number of hydrogen-bond acceptors (Lipinski definition) is 6. The van der Waals surface area contributed by atoms with E-state index in [0.29, 0.717) is 33.6 Å². The van der Waals surface area contributed by atoms with Crippen LogP contribution in [-0.2, 0) is 4.79 Å². The Hall–Kier alpha value is -3.74. The van der Waals surface area contributed by atoms with E-state index in [1.54, 1.807) is 42.7 Å². The Balaban J connectivity index is 2.24. The number of hydrogen-bond donors (Lipinski definition) is 5. The van der Waals surface area contributed by atoms with Crippen molar-refractivity contribution < 1.29 is 4.79 Å². The van der Waals surface area contributed by atoms with E-state index in [-0.39, 0.29) is 5.91 Å². The number of anilines is 2. The van der Waals surface area contributed by atoms with Crippen LogP contribution >= 0.6 is 0 Å². The number of nitrogens with one attached hydrogen (secondary N) is 3. The molecule has 7 heteroatoms. The molecular weight excluding hydrogens is 316 g/mol. The lowest BCUT2D eigenvalue weighted by molar-refractivity contribution is -0.111. The first-order valence-corrected chi connectivity index (χ1v) is 7.35. The Morgan fingerprint density at radius 3 is 2.72 bits per heavy atom. The quantitative estimate of drug-likeness (QED) is 0.314. The summed E-state index contributed by atoms with van der Waals surface area (Å²) in [5.41, 5.74) is 14.5. The van der Waals surface area contributed by atoms with E-state index in [1.165, 1.54) is 12.3 Å². The average Bonchev–Trinajstić information content (AvgIpc) is 2.62. The van der Waals surface area contributed by atoms with Crippen LogP contribution in [0, 0.1) is 10.8 Å². The number of nitrogen functional groups attached to an aromatic ring is 1. The molecule has 0 spiro atoms. The maximum Gasteiger partial charge on any atom is 0.248 e. The minimum atomic E-state index is -0.378. The van der Waals surface area contributed by atoms with Gasteiger partial charge in [0.05, 0.1) is 5.69 Å². The van der Waals surface area contributed by atoms with Crippen LogP contribution in [0.1, 0.15) is 16.7 Å². The van der Waals surface area contributed by atoms with Crippen molar-refractivity contribution in [2.45, 2.75) is 0 Å². The molecule has 126 valence electrons. The highest BCUT2D eigenvalue weighted by Gasteiger charge is 2.07. The number of amides is 1. The van der Waals surface area contributed by atoms with Gasteiger partial charge in [0.1, 0.15) is 0 Å². The smallest absolute Gasteiger partial charge is 0.248 e. The standard InChI is InChI=1S/C18H18N6O/c19-8-13(9-20)14-6-7-23-11-12(14)4-5-18(25)24-17-3-1-2-16(22)15(17)10-21/h1-11,19,21H,20,22H2,(H,24,25)/b5-4+,13-9?,19-8?,21-10?. The predicted octanol–water partition coefficient (Wildman–Crippen LogP) is 2.26. The third-order valence-electron chi connectivity index (χ3n) is 3.45. The molecule has 25 heavy (non-hydrogen) atoms. The summed E-state index contributed by atoms with van der Waals surface area (Å²) < 4.78 is 0. The first-order valence-electron chi connectivity index (χ1n) is 7.35. The minimum absolute atomic E-state index is 0.378. The van der Waals surface area contributed by atoms with Crippen LogP contribution in [0.3, 0.4) is 0 Å². The number of nitrogens with two attached hydrogens (primary N) is 2. The monoisotopic (exact) mass is 334 g/mol. The van der Waals surface area contributed by atoms with Crippen molar-refractivity contribution in [1.82, 2.24) is 4.98 Å². The lowest BCUT2D eigenvalue weighted by Crippen LogP contribution is -2.10. The molecule has 0 bridgehead atoms. The molecule has 0 fully saturated rings. The molecule has 1 aromatic carbocycles. The fraction of sp³-hybridized carbons (Fsp3) is 0. The molecule has 0 atom stereocenters. The van der Waals surface area contributed by atoms with E-state index in [1.807, 2.05) is 0 Å². The SMILES string of the molecule is N=CC(=CN)c1ccncc1/C=C/C(=O)Nc1cccc(N)c1C=N. The molecule has 0 aliphatic rings. The largest absolute Gasteiger partial charge is 0.404 e. The van der Waals surface area contributed by atoms with Gasteiger partial charge in [0.15, 0.2) is 0 Å². The lowest BCUT2D eigenvalue weighted by atomic mass is 10.0. The number of carbonyl (C=O) groups is 1. The molecule has 0 unspecified atom stereocenters. The predicted molar refractivity (Wildman–Crippen MR) is 102 cm³/mol. The first kappa shape index (κ1) is 17.6. The van der Waals surface area contributed by atoms with Crippen molar-refractivity contribution in [3.8, 4) is 0 Å². The van der Waals surface area contributed by atoms with E-state index in [2.05, 4.69) is 10.3 Å². The second kappa shape index (κ2) is 8.21. The Bertz CT molecular complexity index is 870. The number of nitrogens with zero attached hydrogens (tertiary/aromatic N) is 1. The molecule has 0 saturated carbocycles. The van der Waals surface area contributed by atoms with Crippen molar-refractivity contribution in [3.63, 3.8) is 0 Å². The Morgan fingerprint density at radius 1 is 1.24 bits per heavy atom. The summed E-state index contributed by atoms with van der Waals surface area (Å²) in [7, 11) is 0. The van der Waals surface area contributed by atoms with E-state index in [9.17, 15) is 4.79 Å². The third kappa shape index (κ3) is 4.17. The number of benzene rings is 1. The van der Waals surface area contributed by atoms with Crippen LogP contribution in [0.2, 0.25) is 0 Å². The number of allylic oxidation sites excluding steroid dienone is 1. The zero-order chi connectivity index (χ0) is 18.2.